The van der Waals surface area contributed by atoms with Crippen LogP contribution >= 0.6 is 31.3 Å². The summed E-state index contributed by atoms with van der Waals surface area (Å²) in [4.78, 5) is 10.1. The van der Waals surface area contributed by atoms with Gasteiger partial charge in [-0.2, -0.15) is 0 Å². The van der Waals surface area contributed by atoms with Crippen LogP contribution in [0.25, 0.3) is 0 Å². The highest BCUT2D eigenvalue weighted by Gasteiger charge is 2.27. The van der Waals surface area contributed by atoms with Gasteiger partial charge in [-0.25, -0.2) is 4.57 Å². The Morgan fingerprint density at radius 2 is 1.56 bits per heavy atom. The summed E-state index contributed by atoms with van der Waals surface area (Å²) in [6.07, 6.45) is 2.43. The van der Waals surface area contributed by atoms with Gasteiger partial charge in [0.25, 0.3) is 0 Å². The van der Waals surface area contributed by atoms with Gasteiger partial charge in [0.1, 0.15) is 18.5 Å². The van der Waals surface area contributed by atoms with Crippen molar-refractivity contribution in [2.75, 3.05) is 64.4 Å². The molecule has 3 aromatic carbocycles. The van der Waals surface area contributed by atoms with Gasteiger partial charge in [0.15, 0.2) is 0 Å². The Balaban J connectivity index is 0.000000238. The lowest BCUT2D eigenvalue weighted by molar-refractivity contribution is 0.104. The Kier molecular flexibility index (Phi) is 20.1. The van der Waals surface area contributed by atoms with Gasteiger partial charge in [0.05, 0.1) is 23.6 Å². The molecular formula is C41H61ClFN4O5PS. The highest BCUT2D eigenvalue weighted by molar-refractivity contribution is 7.99. The average Bonchev–Trinajstić information content (AvgIpc) is 3.10. The van der Waals surface area contributed by atoms with Crippen molar-refractivity contribution < 1.29 is 27.7 Å². The third kappa shape index (κ3) is 16.7. The van der Waals surface area contributed by atoms with Gasteiger partial charge in [-0.1, -0.05) is 73.6 Å². The van der Waals surface area contributed by atoms with Crippen LogP contribution in [0.1, 0.15) is 53.5 Å². The summed E-state index contributed by atoms with van der Waals surface area (Å²) in [6, 6.07) is 23.1. The number of likely N-dealkylation sites (N-methyl/N-ethyl adjacent to an activating group) is 1. The number of nitrogens with one attached hydrogen (secondary N) is 1. The number of benzene rings is 3. The summed E-state index contributed by atoms with van der Waals surface area (Å²) in [5.74, 6) is 0.820. The molecule has 0 aromatic heterocycles. The van der Waals surface area contributed by atoms with Gasteiger partial charge in [-0.3, -0.25) is 9.05 Å². The van der Waals surface area contributed by atoms with E-state index in [0.29, 0.717) is 19.2 Å². The molecule has 1 unspecified atom stereocenters. The minimum Gasteiger partial charge on any atom is -0.491 e. The Bertz CT molecular complexity index is 1600. The molecule has 2 heterocycles. The van der Waals surface area contributed by atoms with E-state index in [9.17, 15) is 13.9 Å². The van der Waals surface area contributed by atoms with Crippen molar-refractivity contribution in [1.29, 1.82) is 0 Å². The number of para-hydroxylation sites is 2. The minimum atomic E-state index is -4.30. The first-order chi connectivity index (χ1) is 25.7. The molecule has 3 aromatic rings. The lowest BCUT2D eigenvalue weighted by Gasteiger charge is -2.35. The topological polar surface area (TPSA) is 86.7 Å². The normalized spacial score (nSPS) is 15.2. The monoisotopic (exact) mass is 806 g/mol. The standard InChI is InChI=1S/C20H24ClN3S.C15H23NO2.C6H14FO3P/c1-22-11-13-23(14-12-22)9-4-10-24-17-5-2-3-6-19(17)25-20-8-7-16(21)15-18(20)24;1-4-7-13-8-5-6-9-15(13)18-11-14(17)10-16-12(2)3;1-5(2)9-11(7,8)10-6(3)4/h2-3,5-8,15H,4,9-14H2,1H3;4-6,8-9,12,14,16-17H,1,7,10-11H2,2-3H3;5-6H,1-4H3. The molecule has 13 heteroatoms. The van der Waals surface area contributed by atoms with Crippen LogP contribution in [-0.2, 0) is 20.0 Å². The van der Waals surface area contributed by atoms with Crippen LogP contribution in [-0.4, -0.2) is 98.7 Å². The molecule has 5 rings (SSSR count). The van der Waals surface area contributed by atoms with Gasteiger partial charge in [0.2, 0.25) is 0 Å². The first kappa shape index (κ1) is 45.9. The zero-order chi connectivity index (χ0) is 39.7. The first-order valence-corrected chi connectivity index (χ1v) is 21.4. The Labute approximate surface area is 332 Å². The van der Waals surface area contributed by atoms with E-state index in [1.54, 1.807) is 27.7 Å². The highest BCUT2D eigenvalue weighted by Crippen LogP contribution is 2.52. The van der Waals surface area contributed by atoms with Crippen LogP contribution in [0, 0.1) is 0 Å². The predicted molar refractivity (Wildman–Crippen MR) is 224 cm³/mol. The molecule has 2 aliphatic rings. The van der Waals surface area contributed by atoms with Crippen LogP contribution in [0.3, 0.4) is 0 Å². The molecule has 1 atom stereocenters. The summed E-state index contributed by atoms with van der Waals surface area (Å²) >= 11 is 8.13. The Hall–Kier alpha value is -2.44. The third-order valence-electron chi connectivity index (χ3n) is 8.24. The van der Waals surface area contributed by atoms with Crippen LogP contribution in [0.5, 0.6) is 5.75 Å². The molecule has 0 radical (unpaired) electrons. The number of ether oxygens (including phenoxy) is 1. The van der Waals surface area contributed by atoms with Crippen molar-refractivity contribution in [1.82, 2.24) is 15.1 Å². The molecule has 300 valence electrons. The molecular weight excluding hydrogens is 746 g/mol. The molecule has 1 fully saturated rings. The van der Waals surface area contributed by atoms with Crippen molar-refractivity contribution in [2.24, 2.45) is 0 Å². The van der Waals surface area contributed by atoms with Crippen molar-refractivity contribution in [3.05, 3.63) is 90.0 Å². The van der Waals surface area contributed by atoms with Crippen LogP contribution in [0.4, 0.5) is 15.6 Å². The van der Waals surface area contributed by atoms with E-state index in [1.807, 2.05) is 62.0 Å². The second-order valence-electron chi connectivity index (χ2n) is 14.2. The molecule has 0 bridgehead atoms. The molecule has 0 amide bonds. The number of aliphatic hydroxyl groups excluding tert-OH is 1. The lowest BCUT2D eigenvalue weighted by Crippen LogP contribution is -2.45. The summed E-state index contributed by atoms with van der Waals surface area (Å²) in [6.45, 7) is 22.0. The zero-order valence-electron chi connectivity index (χ0n) is 33.0. The molecule has 9 nitrogen and oxygen atoms in total. The largest absolute Gasteiger partial charge is 0.513 e. The number of hydrogen-bond donors (Lipinski definition) is 2. The molecule has 1 saturated heterocycles. The number of nitrogens with zero attached hydrogens (tertiary/aromatic N) is 3. The van der Waals surface area contributed by atoms with E-state index >= 15 is 0 Å². The quantitative estimate of drug-likeness (QED) is 0.108. The van der Waals surface area contributed by atoms with Crippen molar-refractivity contribution in [3.63, 3.8) is 0 Å². The smallest absolute Gasteiger partial charge is 0.491 e. The zero-order valence-corrected chi connectivity index (χ0v) is 35.5. The van der Waals surface area contributed by atoms with Crippen molar-refractivity contribution >= 4 is 42.6 Å². The van der Waals surface area contributed by atoms with Crippen molar-refractivity contribution in [2.45, 2.75) is 88.5 Å². The summed E-state index contributed by atoms with van der Waals surface area (Å²) in [5.41, 5.74) is 3.65. The third-order valence-corrected chi connectivity index (χ3v) is 11.0. The number of aliphatic hydroxyl groups is 1. The average molecular weight is 807 g/mol. The fourth-order valence-electron chi connectivity index (χ4n) is 5.68. The molecule has 0 saturated carbocycles. The number of hydrogen-bond acceptors (Lipinski definition) is 10. The van der Waals surface area contributed by atoms with Gasteiger partial charge in [-0.15, -0.1) is 10.8 Å². The SMILES string of the molecule is C=CCc1ccccc1OCC(O)CNC(C)C.CC(C)OP(=O)(F)OC(C)C.CN1CCN(CCCN2c3ccccc3Sc3ccc(Cl)cc32)CC1. The van der Waals surface area contributed by atoms with Gasteiger partial charge < -0.3 is 29.9 Å². The van der Waals surface area contributed by atoms with Crippen LogP contribution < -0.4 is 15.0 Å². The Morgan fingerprint density at radius 1 is 0.926 bits per heavy atom. The number of allylic oxidation sites excluding steroid dienone is 1. The summed E-state index contributed by atoms with van der Waals surface area (Å²) < 4.78 is 37.9. The Morgan fingerprint density at radius 3 is 2.20 bits per heavy atom. The maximum Gasteiger partial charge on any atom is 0.513 e. The highest BCUT2D eigenvalue weighted by atomic mass is 35.5. The fourth-order valence-corrected chi connectivity index (χ4v) is 7.98. The molecule has 0 aliphatic carbocycles. The van der Waals surface area contributed by atoms with E-state index in [-0.39, 0.29) is 0 Å². The van der Waals surface area contributed by atoms with Crippen molar-refractivity contribution in [3.8, 4) is 5.75 Å². The van der Waals surface area contributed by atoms with Gasteiger partial charge >= 0.3 is 7.91 Å². The number of halogens is 2. The van der Waals surface area contributed by atoms with E-state index in [2.05, 4.69) is 79.1 Å². The first-order valence-electron chi connectivity index (χ1n) is 18.8. The summed E-state index contributed by atoms with van der Waals surface area (Å²) in [7, 11) is -2.10. The van der Waals surface area contributed by atoms with Crippen LogP contribution in [0.15, 0.2) is 89.2 Å². The molecule has 2 aliphatic heterocycles. The molecule has 0 spiro atoms. The van der Waals surface area contributed by atoms with Crippen LogP contribution in [0.2, 0.25) is 5.02 Å². The number of piperazine rings is 1. The van der Waals surface area contributed by atoms with E-state index < -0.39 is 26.2 Å². The molecule has 2 N–H and O–H groups in total. The second-order valence-corrected chi connectivity index (χ2v) is 17.0. The van der Waals surface area contributed by atoms with Gasteiger partial charge in [0, 0.05) is 60.1 Å². The minimum absolute atomic E-state index is 0.299. The number of rotatable bonds is 16. The van der Waals surface area contributed by atoms with E-state index in [1.165, 1.54) is 47.3 Å². The predicted octanol–water partition coefficient (Wildman–Crippen LogP) is 9.65. The van der Waals surface area contributed by atoms with Gasteiger partial charge in [-0.05, 0) is 96.1 Å². The fraction of sp³-hybridized carbons (Fsp3) is 0.512. The summed E-state index contributed by atoms with van der Waals surface area (Å²) in [5, 5.41) is 13.8. The maximum absolute atomic E-state index is 12.7. The number of fused-ring (bicyclic) bond motifs is 2. The maximum atomic E-state index is 12.7. The van der Waals surface area contributed by atoms with E-state index in [4.69, 9.17) is 16.3 Å². The second kappa shape index (κ2) is 23.6. The molecule has 54 heavy (non-hydrogen) atoms. The van der Waals surface area contributed by atoms with E-state index in [0.717, 1.165) is 42.3 Å². The lowest BCUT2D eigenvalue weighted by atomic mass is 10.1. The number of anilines is 2.